The molecule has 0 aliphatic carbocycles. The number of thioether (sulfide) groups is 1. The Hall–Kier alpha value is -2.29. The van der Waals surface area contributed by atoms with E-state index in [0.717, 1.165) is 10.4 Å². The quantitative estimate of drug-likeness (QED) is 0.701. The van der Waals surface area contributed by atoms with Gasteiger partial charge in [0, 0.05) is 11.4 Å². The van der Waals surface area contributed by atoms with E-state index in [0.29, 0.717) is 23.7 Å². The Morgan fingerprint density at radius 2 is 2.07 bits per heavy atom. The molecule has 30 heavy (non-hydrogen) atoms. The molecule has 2 unspecified atom stereocenters. The Bertz CT molecular complexity index is 989. The third-order valence-corrected chi connectivity index (χ3v) is 7.46. The van der Waals surface area contributed by atoms with Gasteiger partial charge in [0.15, 0.2) is 0 Å². The van der Waals surface area contributed by atoms with Gasteiger partial charge in [0.1, 0.15) is 11.8 Å². The standard InChI is InChI=1S/C21H20ClN3O3S2/c1-13-4-2-6-15(22)18(13)23-17(26)12-25-16-8-11-30-19(16)20(27)24(21(25)28)9-7-14-5-3-10-29-14/h2-6,8,10-11,16,19H,7,9,12H2,1H3,(H,23,26). The molecule has 2 aliphatic heterocycles. The van der Waals surface area contributed by atoms with Crippen LogP contribution in [0.25, 0.3) is 0 Å². The number of nitrogens with one attached hydrogen (secondary N) is 1. The van der Waals surface area contributed by atoms with Crippen LogP contribution in [-0.4, -0.2) is 52.0 Å². The molecule has 156 valence electrons. The number of para-hydroxylation sites is 1. The summed E-state index contributed by atoms with van der Waals surface area (Å²) in [5, 5.41) is 6.63. The molecule has 0 saturated carbocycles. The van der Waals surface area contributed by atoms with E-state index >= 15 is 0 Å². The van der Waals surface area contributed by atoms with E-state index in [9.17, 15) is 14.4 Å². The van der Waals surface area contributed by atoms with Crippen molar-refractivity contribution in [1.82, 2.24) is 9.80 Å². The zero-order valence-corrected chi connectivity index (χ0v) is 18.6. The predicted molar refractivity (Wildman–Crippen MR) is 121 cm³/mol. The first-order chi connectivity index (χ1) is 14.5. The molecular formula is C21H20ClN3O3S2. The fraction of sp³-hybridized carbons (Fsp3) is 0.286. The third kappa shape index (κ3) is 4.12. The predicted octanol–water partition coefficient (Wildman–Crippen LogP) is 4.15. The van der Waals surface area contributed by atoms with Crippen LogP contribution in [0.15, 0.2) is 47.2 Å². The summed E-state index contributed by atoms with van der Waals surface area (Å²) in [7, 11) is 0. The maximum atomic E-state index is 13.1. The number of imide groups is 1. The minimum absolute atomic E-state index is 0.154. The molecule has 1 N–H and O–H groups in total. The van der Waals surface area contributed by atoms with Crippen molar-refractivity contribution >= 4 is 58.2 Å². The highest BCUT2D eigenvalue weighted by Crippen LogP contribution is 2.34. The zero-order chi connectivity index (χ0) is 21.3. The Morgan fingerprint density at radius 3 is 2.80 bits per heavy atom. The van der Waals surface area contributed by atoms with E-state index in [2.05, 4.69) is 5.32 Å². The molecule has 4 rings (SSSR count). The van der Waals surface area contributed by atoms with Crippen LogP contribution in [0.1, 0.15) is 10.4 Å². The van der Waals surface area contributed by atoms with E-state index in [1.807, 2.05) is 48.1 Å². The SMILES string of the molecule is Cc1cccc(Cl)c1NC(=O)CN1C(=O)N(CCc2cccs2)C(=O)C2SC=CC21. The van der Waals surface area contributed by atoms with Crippen molar-refractivity contribution in [2.24, 2.45) is 0 Å². The highest BCUT2D eigenvalue weighted by molar-refractivity contribution is 8.03. The molecule has 0 spiro atoms. The van der Waals surface area contributed by atoms with Crippen molar-refractivity contribution in [3.63, 3.8) is 0 Å². The number of nitrogens with zero attached hydrogens (tertiary/aromatic N) is 2. The summed E-state index contributed by atoms with van der Waals surface area (Å²) < 4.78 is 0. The van der Waals surface area contributed by atoms with Gasteiger partial charge in [-0.3, -0.25) is 14.5 Å². The summed E-state index contributed by atoms with van der Waals surface area (Å²) in [5.74, 6) is -0.550. The summed E-state index contributed by atoms with van der Waals surface area (Å²) in [4.78, 5) is 42.6. The highest BCUT2D eigenvalue weighted by Gasteiger charge is 2.47. The molecule has 0 radical (unpaired) electrons. The van der Waals surface area contributed by atoms with E-state index in [1.165, 1.54) is 21.6 Å². The van der Waals surface area contributed by atoms with Crippen LogP contribution in [0.3, 0.4) is 0 Å². The number of halogens is 1. The molecular weight excluding hydrogens is 442 g/mol. The van der Waals surface area contributed by atoms with Crippen molar-refractivity contribution < 1.29 is 14.4 Å². The molecule has 9 heteroatoms. The van der Waals surface area contributed by atoms with Crippen molar-refractivity contribution in [3.8, 4) is 0 Å². The van der Waals surface area contributed by atoms with Crippen LogP contribution in [-0.2, 0) is 16.0 Å². The minimum atomic E-state index is -0.434. The van der Waals surface area contributed by atoms with Gasteiger partial charge in [0.25, 0.3) is 0 Å². The molecule has 3 heterocycles. The number of hydrogen-bond acceptors (Lipinski definition) is 5. The molecule has 1 saturated heterocycles. The lowest BCUT2D eigenvalue weighted by Gasteiger charge is -2.40. The van der Waals surface area contributed by atoms with Gasteiger partial charge in [-0.1, -0.05) is 35.9 Å². The van der Waals surface area contributed by atoms with Crippen molar-refractivity contribution in [1.29, 1.82) is 0 Å². The van der Waals surface area contributed by atoms with Crippen LogP contribution in [0.2, 0.25) is 5.02 Å². The maximum Gasteiger partial charge on any atom is 0.327 e. The van der Waals surface area contributed by atoms with E-state index in [4.69, 9.17) is 11.6 Å². The lowest BCUT2D eigenvalue weighted by Crippen LogP contribution is -2.63. The monoisotopic (exact) mass is 461 g/mol. The average Bonchev–Trinajstić information content (AvgIpc) is 3.40. The summed E-state index contributed by atoms with van der Waals surface area (Å²) in [6, 6.07) is 8.43. The Labute approximate surface area is 187 Å². The molecule has 1 fully saturated rings. The Kier molecular flexibility index (Phi) is 6.17. The maximum absolute atomic E-state index is 13.1. The van der Waals surface area contributed by atoms with Gasteiger partial charge in [-0.15, -0.1) is 23.1 Å². The van der Waals surface area contributed by atoms with Crippen LogP contribution in [0.4, 0.5) is 10.5 Å². The molecule has 4 amide bonds. The number of hydrogen-bond donors (Lipinski definition) is 1. The number of benzene rings is 1. The van der Waals surface area contributed by atoms with Crippen LogP contribution >= 0.6 is 34.7 Å². The molecule has 1 aromatic carbocycles. The minimum Gasteiger partial charge on any atom is -0.323 e. The van der Waals surface area contributed by atoms with E-state index < -0.39 is 17.3 Å². The van der Waals surface area contributed by atoms with Gasteiger partial charge in [0.2, 0.25) is 11.8 Å². The first-order valence-corrected chi connectivity index (χ1v) is 11.7. The average molecular weight is 462 g/mol. The highest BCUT2D eigenvalue weighted by atomic mass is 35.5. The molecule has 1 aromatic heterocycles. The normalized spacial score (nSPS) is 20.6. The number of carbonyl (C=O) groups is 3. The van der Waals surface area contributed by atoms with Gasteiger partial charge in [-0.25, -0.2) is 4.79 Å². The largest absolute Gasteiger partial charge is 0.327 e. The fourth-order valence-electron chi connectivity index (χ4n) is 3.57. The number of anilines is 1. The summed E-state index contributed by atoms with van der Waals surface area (Å²) >= 11 is 9.18. The lowest BCUT2D eigenvalue weighted by atomic mass is 10.1. The van der Waals surface area contributed by atoms with E-state index in [-0.39, 0.29) is 18.4 Å². The van der Waals surface area contributed by atoms with E-state index in [1.54, 1.807) is 17.4 Å². The molecule has 6 nitrogen and oxygen atoms in total. The summed E-state index contributed by atoms with van der Waals surface area (Å²) in [6.07, 6.45) is 2.42. The van der Waals surface area contributed by atoms with Gasteiger partial charge < -0.3 is 10.2 Å². The number of urea groups is 1. The number of rotatable bonds is 6. The third-order valence-electron chi connectivity index (χ3n) is 5.12. The second kappa shape index (κ2) is 8.83. The van der Waals surface area contributed by atoms with Crippen LogP contribution in [0, 0.1) is 6.92 Å². The first-order valence-electron chi connectivity index (χ1n) is 9.47. The van der Waals surface area contributed by atoms with Gasteiger partial charge in [0.05, 0.1) is 16.8 Å². The molecule has 2 aliphatic rings. The molecule has 0 bridgehead atoms. The smallest absolute Gasteiger partial charge is 0.323 e. The van der Waals surface area contributed by atoms with Crippen LogP contribution in [0.5, 0.6) is 0 Å². The topological polar surface area (TPSA) is 69.7 Å². The Balaban J connectivity index is 1.50. The van der Waals surface area contributed by atoms with Crippen LogP contribution < -0.4 is 5.32 Å². The lowest BCUT2D eigenvalue weighted by molar-refractivity contribution is -0.132. The first kappa shape index (κ1) is 21.0. The second-order valence-corrected chi connectivity index (χ2v) is 9.58. The fourth-order valence-corrected chi connectivity index (χ4v) is 5.60. The molecule has 2 atom stereocenters. The van der Waals surface area contributed by atoms with Crippen molar-refractivity contribution in [2.45, 2.75) is 24.6 Å². The Morgan fingerprint density at radius 1 is 1.23 bits per heavy atom. The number of carbonyl (C=O) groups excluding carboxylic acids is 3. The zero-order valence-electron chi connectivity index (χ0n) is 16.2. The number of fused-ring (bicyclic) bond motifs is 1. The number of aryl methyl sites for hydroxylation is 1. The second-order valence-electron chi connectivity index (χ2n) is 7.09. The van der Waals surface area contributed by atoms with Crippen molar-refractivity contribution in [2.75, 3.05) is 18.4 Å². The molecule has 2 aromatic rings. The van der Waals surface area contributed by atoms with Crippen molar-refractivity contribution in [3.05, 3.63) is 62.7 Å². The van der Waals surface area contributed by atoms with Gasteiger partial charge in [-0.2, -0.15) is 0 Å². The summed E-state index contributed by atoms with van der Waals surface area (Å²) in [6.45, 7) is 1.99. The number of thiophene rings is 1. The van der Waals surface area contributed by atoms with Gasteiger partial charge in [-0.05, 0) is 41.8 Å². The van der Waals surface area contributed by atoms with Gasteiger partial charge >= 0.3 is 6.03 Å². The number of amides is 4. The summed E-state index contributed by atoms with van der Waals surface area (Å²) in [5.41, 5.74) is 1.37.